The summed E-state index contributed by atoms with van der Waals surface area (Å²) in [5.41, 5.74) is 7.49. The quantitative estimate of drug-likeness (QED) is 0.829. The van der Waals surface area contributed by atoms with Gasteiger partial charge >= 0.3 is 0 Å². The molecular formula is C14H12F2IN. The Balaban J connectivity index is 2.16. The first-order valence-electron chi connectivity index (χ1n) is 5.50. The van der Waals surface area contributed by atoms with Crippen LogP contribution in [0.25, 0.3) is 0 Å². The Bertz CT molecular complexity index is 520. The van der Waals surface area contributed by atoms with Crippen LogP contribution >= 0.6 is 22.6 Å². The second-order valence-electron chi connectivity index (χ2n) is 4.14. The summed E-state index contributed by atoms with van der Waals surface area (Å²) in [5.74, 6) is -1.19. The molecule has 4 heteroatoms. The van der Waals surface area contributed by atoms with Gasteiger partial charge in [-0.25, -0.2) is 8.78 Å². The molecule has 18 heavy (non-hydrogen) atoms. The Morgan fingerprint density at radius 1 is 1.00 bits per heavy atom. The minimum Gasteiger partial charge on any atom is -0.324 e. The van der Waals surface area contributed by atoms with Crippen LogP contribution in [0.15, 0.2) is 42.5 Å². The SMILES string of the molecule is NC(Cc1ccc(I)cc1)c1cc(F)cc(F)c1. The number of hydrogen-bond donors (Lipinski definition) is 1. The van der Waals surface area contributed by atoms with Crippen molar-refractivity contribution in [3.8, 4) is 0 Å². The van der Waals surface area contributed by atoms with Gasteiger partial charge in [-0.05, 0) is 64.4 Å². The van der Waals surface area contributed by atoms with Crippen LogP contribution in [0, 0.1) is 15.2 Å². The molecule has 1 atom stereocenters. The molecule has 0 spiro atoms. The van der Waals surface area contributed by atoms with Crippen LogP contribution in [-0.2, 0) is 6.42 Å². The zero-order valence-corrected chi connectivity index (χ0v) is 11.7. The van der Waals surface area contributed by atoms with Crippen molar-refractivity contribution in [1.82, 2.24) is 0 Å². The van der Waals surface area contributed by atoms with Crippen molar-refractivity contribution in [3.63, 3.8) is 0 Å². The maximum Gasteiger partial charge on any atom is 0.126 e. The molecule has 0 saturated carbocycles. The highest BCUT2D eigenvalue weighted by Crippen LogP contribution is 2.19. The molecule has 0 radical (unpaired) electrons. The fourth-order valence-electron chi connectivity index (χ4n) is 1.78. The zero-order valence-electron chi connectivity index (χ0n) is 9.54. The van der Waals surface area contributed by atoms with E-state index in [1.807, 2.05) is 24.3 Å². The van der Waals surface area contributed by atoms with Crippen molar-refractivity contribution in [3.05, 3.63) is 68.8 Å². The summed E-state index contributed by atoms with van der Waals surface area (Å²) in [5, 5.41) is 0. The van der Waals surface area contributed by atoms with Crippen molar-refractivity contribution in [2.24, 2.45) is 5.73 Å². The summed E-state index contributed by atoms with van der Waals surface area (Å²) in [6, 6.07) is 10.9. The number of benzene rings is 2. The first-order chi connectivity index (χ1) is 8.54. The maximum atomic E-state index is 13.1. The Kier molecular flexibility index (Phi) is 4.29. The molecule has 0 aliphatic heterocycles. The average Bonchev–Trinajstić information content (AvgIpc) is 2.31. The van der Waals surface area contributed by atoms with E-state index in [0.717, 1.165) is 15.2 Å². The third kappa shape index (κ3) is 3.49. The summed E-state index contributed by atoms with van der Waals surface area (Å²) < 4.78 is 27.3. The van der Waals surface area contributed by atoms with E-state index in [-0.39, 0.29) is 0 Å². The van der Waals surface area contributed by atoms with Crippen molar-refractivity contribution in [2.75, 3.05) is 0 Å². The van der Waals surface area contributed by atoms with Gasteiger partial charge in [0.2, 0.25) is 0 Å². The van der Waals surface area contributed by atoms with Gasteiger partial charge in [-0.1, -0.05) is 12.1 Å². The largest absolute Gasteiger partial charge is 0.324 e. The molecule has 0 fully saturated rings. The summed E-state index contributed by atoms with van der Waals surface area (Å²) in [6.07, 6.45) is 0.555. The molecule has 0 heterocycles. The molecule has 1 nitrogen and oxygen atoms in total. The van der Waals surface area contributed by atoms with E-state index >= 15 is 0 Å². The van der Waals surface area contributed by atoms with Crippen molar-refractivity contribution in [2.45, 2.75) is 12.5 Å². The Hall–Kier alpha value is -1.01. The van der Waals surface area contributed by atoms with Gasteiger partial charge in [-0.3, -0.25) is 0 Å². The van der Waals surface area contributed by atoms with Crippen LogP contribution < -0.4 is 5.73 Å². The van der Waals surface area contributed by atoms with Gasteiger partial charge in [0.15, 0.2) is 0 Å². The Morgan fingerprint density at radius 2 is 1.56 bits per heavy atom. The third-order valence-corrected chi connectivity index (χ3v) is 3.40. The van der Waals surface area contributed by atoms with Crippen LogP contribution in [-0.4, -0.2) is 0 Å². The lowest BCUT2D eigenvalue weighted by Gasteiger charge is -2.12. The fraction of sp³-hybridized carbons (Fsp3) is 0.143. The highest BCUT2D eigenvalue weighted by molar-refractivity contribution is 14.1. The van der Waals surface area contributed by atoms with Gasteiger partial charge in [0.05, 0.1) is 0 Å². The fourth-order valence-corrected chi connectivity index (χ4v) is 2.14. The lowest BCUT2D eigenvalue weighted by atomic mass is 9.99. The molecule has 0 aliphatic rings. The molecule has 94 valence electrons. The summed E-state index contributed by atoms with van der Waals surface area (Å²) >= 11 is 2.22. The normalized spacial score (nSPS) is 12.4. The van der Waals surface area contributed by atoms with Gasteiger partial charge in [-0.15, -0.1) is 0 Å². The van der Waals surface area contributed by atoms with Crippen molar-refractivity contribution in [1.29, 1.82) is 0 Å². The molecule has 2 N–H and O–H groups in total. The molecule has 0 bridgehead atoms. The number of rotatable bonds is 3. The van der Waals surface area contributed by atoms with Gasteiger partial charge in [0.25, 0.3) is 0 Å². The molecule has 2 aromatic carbocycles. The van der Waals surface area contributed by atoms with E-state index in [1.165, 1.54) is 12.1 Å². The average molecular weight is 359 g/mol. The molecule has 2 aromatic rings. The van der Waals surface area contributed by atoms with Crippen LogP contribution in [0.3, 0.4) is 0 Å². The summed E-state index contributed by atoms with van der Waals surface area (Å²) in [7, 11) is 0. The minimum atomic E-state index is -0.594. The second-order valence-corrected chi connectivity index (χ2v) is 5.39. The molecule has 0 amide bonds. The van der Waals surface area contributed by atoms with Gasteiger partial charge in [0, 0.05) is 15.7 Å². The molecule has 0 saturated heterocycles. The van der Waals surface area contributed by atoms with Crippen LogP contribution in [0.1, 0.15) is 17.2 Å². The number of hydrogen-bond acceptors (Lipinski definition) is 1. The number of halogens is 3. The van der Waals surface area contributed by atoms with Crippen molar-refractivity contribution < 1.29 is 8.78 Å². The smallest absolute Gasteiger partial charge is 0.126 e. The summed E-state index contributed by atoms with van der Waals surface area (Å²) in [4.78, 5) is 0. The van der Waals surface area contributed by atoms with Crippen LogP contribution in [0.5, 0.6) is 0 Å². The molecular weight excluding hydrogens is 347 g/mol. The van der Waals surface area contributed by atoms with Gasteiger partial charge in [0.1, 0.15) is 11.6 Å². The first kappa shape index (κ1) is 13.4. The van der Waals surface area contributed by atoms with Crippen molar-refractivity contribution >= 4 is 22.6 Å². The van der Waals surface area contributed by atoms with E-state index in [1.54, 1.807) is 0 Å². The number of nitrogens with two attached hydrogens (primary N) is 1. The maximum absolute atomic E-state index is 13.1. The first-order valence-corrected chi connectivity index (χ1v) is 6.58. The molecule has 1 unspecified atom stereocenters. The molecule has 0 aromatic heterocycles. The van der Waals surface area contributed by atoms with Gasteiger partial charge < -0.3 is 5.73 Å². The van der Waals surface area contributed by atoms with E-state index in [2.05, 4.69) is 22.6 Å². The van der Waals surface area contributed by atoms with Crippen LogP contribution in [0.4, 0.5) is 8.78 Å². The highest BCUT2D eigenvalue weighted by Gasteiger charge is 2.10. The van der Waals surface area contributed by atoms with Crippen LogP contribution in [0.2, 0.25) is 0 Å². The summed E-state index contributed by atoms with van der Waals surface area (Å²) in [6.45, 7) is 0. The lowest BCUT2D eigenvalue weighted by molar-refractivity contribution is 0.572. The third-order valence-electron chi connectivity index (χ3n) is 2.68. The van der Waals surface area contributed by atoms with E-state index in [0.29, 0.717) is 12.0 Å². The van der Waals surface area contributed by atoms with E-state index < -0.39 is 17.7 Å². The van der Waals surface area contributed by atoms with Gasteiger partial charge in [-0.2, -0.15) is 0 Å². The Morgan fingerprint density at radius 3 is 2.11 bits per heavy atom. The molecule has 2 rings (SSSR count). The second kappa shape index (κ2) is 5.75. The zero-order chi connectivity index (χ0) is 13.1. The monoisotopic (exact) mass is 359 g/mol. The van der Waals surface area contributed by atoms with E-state index in [4.69, 9.17) is 5.73 Å². The lowest BCUT2D eigenvalue weighted by Crippen LogP contribution is -2.14. The van der Waals surface area contributed by atoms with E-state index in [9.17, 15) is 8.78 Å². The Labute approximate surface area is 118 Å². The predicted molar refractivity (Wildman–Crippen MR) is 76.1 cm³/mol. The standard InChI is InChI=1S/C14H12F2IN/c15-11-6-10(7-12(16)8-11)14(18)5-9-1-3-13(17)4-2-9/h1-4,6-8,14H,5,18H2. The highest BCUT2D eigenvalue weighted by atomic mass is 127. The topological polar surface area (TPSA) is 26.0 Å². The predicted octanol–water partition coefficient (Wildman–Crippen LogP) is 3.81. The molecule has 0 aliphatic carbocycles. The minimum absolute atomic E-state index is 0.407.